The van der Waals surface area contributed by atoms with Crippen LogP contribution in [0.15, 0.2) is 18.3 Å². The van der Waals surface area contributed by atoms with E-state index in [2.05, 4.69) is 17.1 Å². The van der Waals surface area contributed by atoms with Gasteiger partial charge in [0.05, 0.1) is 10.5 Å². The van der Waals surface area contributed by atoms with Crippen LogP contribution in [-0.4, -0.2) is 4.98 Å². The minimum Gasteiger partial charge on any atom is -0.320 e. The SMILES string of the molecule is Cc1ncc(C2(N)CC=CC2)s1. The van der Waals surface area contributed by atoms with Gasteiger partial charge < -0.3 is 5.73 Å². The highest BCUT2D eigenvalue weighted by Crippen LogP contribution is 2.34. The number of aryl methyl sites for hydroxylation is 1. The predicted molar refractivity (Wildman–Crippen MR) is 51.1 cm³/mol. The highest BCUT2D eigenvalue weighted by atomic mass is 32.1. The third kappa shape index (κ3) is 1.19. The molecule has 0 radical (unpaired) electrons. The van der Waals surface area contributed by atoms with Crippen LogP contribution in [0.2, 0.25) is 0 Å². The van der Waals surface area contributed by atoms with Gasteiger partial charge in [0.1, 0.15) is 0 Å². The number of hydrogen-bond acceptors (Lipinski definition) is 3. The van der Waals surface area contributed by atoms with Gasteiger partial charge in [-0.2, -0.15) is 0 Å². The summed E-state index contributed by atoms with van der Waals surface area (Å²) in [4.78, 5) is 5.43. The molecule has 1 heterocycles. The zero-order valence-electron chi connectivity index (χ0n) is 7.08. The molecule has 2 rings (SSSR count). The Morgan fingerprint density at radius 2 is 2.17 bits per heavy atom. The van der Waals surface area contributed by atoms with E-state index in [1.54, 1.807) is 11.3 Å². The molecule has 0 saturated carbocycles. The van der Waals surface area contributed by atoms with E-state index in [1.807, 2.05) is 13.1 Å². The molecular formula is C9H12N2S. The molecule has 64 valence electrons. The van der Waals surface area contributed by atoms with Gasteiger partial charge in [0.15, 0.2) is 0 Å². The summed E-state index contributed by atoms with van der Waals surface area (Å²) in [5.74, 6) is 0. The van der Waals surface area contributed by atoms with Crippen LogP contribution in [-0.2, 0) is 5.54 Å². The normalized spacial score (nSPS) is 20.2. The molecule has 0 aromatic carbocycles. The van der Waals surface area contributed by atoms with E-state index < -0.39 is 0 Å². The van der Waals surface area contributed by atoms with Gasteiger partial charge in [0, 0.05) is 11.1 Å². The van der Waals surface area contributed by atoms with Crippen molar-refractivity contribution in [1.82, 2.24) is 4.98 Å². The quantitative estimate of drug-likeness (QED) is 0.671. The molecule has 0 saturated heterocycles. The highest BCUT2D eigenvalue weighted by Gasteiger charge is 2.29. The average molecular weight is 180 g/mol. The fourth-order valence-corrected chi connectivity index (χ4v) is 2.36. The molecular weight excluding hydrogens is 168 g/mol. The van der Waals surface area contributed by atoms with Crippen LogP contribution in [0.25, 0.3) is 0 Å². The van der Waals surface area contributed by atoms with Crippen molar-refractivity contribution in [2.24, 2.45) is 5.73 Å². The first-order valence-electron chi connectivity index (χ1n) is 4.07. The summed E-state index contributed by atoms with van der Waals surface area (Å²) < 4.78 is 0. The van der Waals surface area contributed by atoms with Gasteiger partial charge in [0.25, 0.3) is 0 Å². The Morgan fingerprint density at radius 3 is 2.67 bits per heavy atom. The molecule has 0 aliphatic heterocycles. The first-order valence-corrected chi connectivity index (χ1v) is 4.89. The monoisotopic (exact) mass is 180 g/mol. The number of aromatic nitrogens is 1. The summed E-state index contributed by atoms with van der Waals surface area (Å²) in [6, 6.07) is 0. The van der Waals surface area contributed by atoms with Gasteiger partial charge in [-0.3, -0.25) is 0 Å². The maximum atomic E-state index is 6.20. The molecule has 0 bridgehead atoms. The summed E-state index contributed by atoms with van der Waals surface area (Å²) >= 11 is 1.71. The summed E-state index contributed by atoms with van der Waals surface area (Å²) in [6.07, 6.45) is 8.11. The van der Waals surface area contributed by atoms with Crippen molar-refractivity contribution in [3.05, 3.63) is 28.2 Å². The van der Waals surface area contributed by atoms with E-state index in [0.29, 0.717) is 0 Å². The Labute approximate surface area is 76.1 Å². The Balaban J connectivity index is 2.30. The van der Waals surface area contributed by atoms with Gasteiger partial charge >= 0.3 is 0 Å². The van der Waals surface area contributed by atoms with E-state index in [-0.39, 0.29) is 5.54 Å². The predicted octanol–water partition coefficient (Wildman–Crippen LogP) is 1.96. The van der Waals surface area contributed by atoms with Crippen LogP contribution in [0.3, 0.4) is 0 Å². The Bertz CT molecular complexity index is 306. The molecule has 0 fully saturated rings. The molecule has 1 aromatic heterocycles. The number of nitrogens with zero attached hydrogens (tertiary/aromatic N) is 1. The second-order valence-corrected chi connectivity index (χ2v) is 4.51. The van der Waals surface area contributed by atoms with E-state index in [4.69, 9.17) is 5.73 Å². The molecule has 0 atom stereocenters. The van der Waals surface area contributed by atoms with Gasteiger partial charge in [-0.25, -0.2) is 4.98 Å². The zero-order valence-corrected chi connectivity index (χ0v) is 7.90. The molecule has 0 spiro atoms. The van der Waals surface area contributed by atoms with Crippen LogP contribution in [0.5, 0.6) is 0 Å². The molecule has 12 heavy (non-hydrogen) atoms. The van der Waals surface area contributed by atoms with Crippen LogP contribution < -0.4 is 5.73 Å². The number of hydrogen-bond donors (Lipinski definition) is 1. The van der Waals surface area contributed by atoms with Crippen molar-refractivity contribution in [3.63, 3.8) is 0 Å². The molecule has 1 aliphatic rings. The molecule has 3 heteroatoms. The lowest BCUT2D eigenvalue weighted by molar-refractivity contribution is 0.490. The van der Waals surface area contributed by atoms with Gasteiger partial charge in [-0.15, -0.1) is 11.3 Å². The topological polar surface area (TPSA) is 38.9 Å². The lowest BCUT2D eigenvalue weighted by Gasteiger charge is -2.20. The van der Waals surface area contributed by atoms with Crippen molar-refractivity contribution in [2.75, 3.05) is 0 Å². The lowest BCUT2D eigenvalue weighted by Crippen LogP contribution is -2.32. The lowest BCUT2D eigenvalue weighted by atomic mass is 9.97. The fourth-order valence-electron chi connectivity index (χ4n) is 1.46. The molecule has 1 aromatic rings. The van der Waals surface area contributed by atoms with Crippen molar-refractivity contribution >= 4 is 11.3 Å². The Hall–Kier alpha value is -0.670. The Kier molecular flexibility index (Phi) is 1.77. The maximum absolute atomic E-state index is 6.20. The van der Waals surface area contributed by atoms with E-state index >= 15 is 0 Å². The summed E-state index contributed by atoms with van der Waals surface area (Å²) in [5.41, 5.74) is 6.05. The van der Waals surface area contributed by atoms with E-state index in [0.717, 1.165) is 17.8 Å². The van der Waals surface area contributed by atoms with Crippen molar-refractivity contribution in [1.29, 1.82) is 0 Å². The smallest absolute Gasteiger partial charge is 0.0897 e. The third-order valence-corrected chi connectivity index (χ3v) is 3.38. The van der Waals surface area contributed by atoms with Gasteiger partial charge in [-0.05, 0) is 19.8 Å². The standard InChI is InChI=1S/C9H12N2S/c1-7-11-6-8(12-7)9(10)4-2-3-5-9/h2-3,6H,4-5,10H2,1H3. The molecule has 0 amide bonds. The number of thiazole rings is 1. The highest BCUT2D eigenvalue weighted by molar-refractivity contribution is 7.11. The second kappa shape index (κ2) is 2.68. The molecule has 2 nitrogen and oxygen atoms in total. The third-order valence-electron chi connectivity index (χ3n) is 2.24. The minimum atomic E-state index is -0.147. The summed E-state index contributed by atoms with van der Waals surface area (Å²) in [7, 11) is 0. The zero-order chi connectivity index (χ0) is 8.60. The fraction of sp³-hybridized carbons (Fsp3) is 0.444. The molecule has 2 N–H and O–H groups in total. The van der Waals surface area contributed by atoms with Gasteiger partial charge in [0.2, 0.25) is 0 Å². The van der Waals surface area contributed by atoms with Crippen LogP contribution in [0.4, 0.5) is 0 Å². The maximum Gasteiger partial charge on any atom is 0.0897 e. The van der Waals surface area contributed by atoms with Crippen molar-refractivity contribution in [2.45, 2.75) is 25.3 Å². The Morgan fingerprint density at radius 1 is 1.50 bits per heavy atom. The molecule has 1 aliphatic carbocycles. The van der Waals surface area contributed by atoms with E-state index in [1.165, 1.54) is 4.88 Å². The first kappa shape index (κ1) is 7.95. The van der Waals surface area contributed by atoms with Crippen LogP contribution in [0.1, 0.15) is 22.7 Å². The summed E-state index contributed by atoms with van der Waals surface area (Å²) in [5, 5.41) is 1.10. The first-order chi connectivity index (χ1) is 5.71. The van der Waals surface area contributed by atoms with Crippen molar-refractivity contribution in [3.8, 4) is 0 Å². The average Bonchev–Trinajstić information content (AvgIpc) is 2.59. The van der Waals surface area contributed by atoms with Crippen molar-refractivity contribution < 1.29 is 0 Å². The minimum absolute atomic E-state index is 0.147. The van der Waals surface area contributed by atoms with Crippen LogP contribution in [0, 0.1) is 6.92 Å². The second-order valence-electron chi connectivity index (χ2n) is 3.28. The van der Waals surface area contributed by atoms with Gasteiger partial charge in [-0.1, -0.05) is 12.2 Å². The number of rotatable bonds is 1. The van der Waals surface area contributed by atoms with E-state index in [9.17, 15) is 0 Å². The largest absolute Gasteiger partial charge is 0.320 e. The number of nitrogens with two attached hydrogens (primary N) is 1. The van der Waals surface area contributed by atoms with Crippen LogP contribution >= 0.6 is 11.3 Å². The molecule has 0 unspecified atom stereocenters. The summed E-state index contributed by atoms with van der Waals surface area (Å²) in [6.45, 7) is 2.01.